The summed E-state index contributed by atoms with van der Waals surface area (Å²) in [6, 6.07) is 91.5. The number of hydrogen-bond donors (Lipinski definition) is 0. The Balaban J connectivity index is 0.965. The van der Waals surface area contributed by atoms with Crippen LogP contribution in [-0.2, 0) is 16.2 Å². The molecule has 2 aliphatic rings. The van der Waals surface area contributed by atoms with Gasteiger partial charge in [0, 0.05) is 88.8 Å². The van der Waals surface area contributed by atoms with Crippen molar-refractivity contribution in [2.45, 2.75) is 78.6 Å². The average Bonchev–Trinajstić information content (AvgIpc) is 0.882. The number of nitrogens with zero attached hydrogens (tertiary/aromatic N) is 5. The zero-order valence-corrected chi connectivity index (χ0v) is 58.6. The summed E-state index contributed by atoms with van der Waals surface area (Å²) in [7, 11) is 0. The smallest absolute Gasteiger partial charge is 0.252 e. The molecule has 102 heavy (non-hydrogen) atoms. The zero-order valence-electron chi connectivity index (χ0n) is 66.6. The first-order valence-electron chi connectivity index (χ1n) is 39.4. The van der Waals surface area contributed by atoms with E-state index in [-0.39, 0.29) is 56.8 Å². The standard InChI is InChI=1S/C96H78BN5/c1-94(2,3)64-45-51-86(75(53-64)61-29-13-10-14-30-61)101-88-59-68(100-85-44-28-23-39-74(85)78-58-67(48-52-87(78)100)98-81-40-24-19-35-70(81)71-36-20-25-41-82(71)98)46-49-79(88)97-80-50-47-69(99-83-42-26-21-37-72(83)73-38-22-27-43-84(73)99)60-89(80)102(91-57-66(96(7,8)9)56-90(101)92(91)97)93-76(62-31-15-11-16-32-62)54-65(95(4,5)6)55-77(93)63-33-17-12-18-34-63/h10-60H,1-9H3/i21D,22D,26D,27D,37D,38D,42D,43D. The lowest BCUT2D eigenvalue weighted by Gasteiger charge is -2.46. The SMILES string of the molecule is [2H]c1c([2H])c([2H])c2c(c1[2H])c1c([2H])c([2H])c([2H])c([2H])c1n2-c1ccc2c(c1)N(c1c(-c3ccccc3)cc(C(C)(C)C)cc1-c1ccccc1)c1cc(C(C)(C)C)cc3c1B2c1ccc(-n2c4ccccc4c4cc(-n5c6ccccc6c6ccccc65)ccc42)cc1N3c1ccc(C(C)(C)C)cc1-c1ccccc1. The van der Waals surface area contributed by atoms with Crippen LogP contribution < -0.4 is 26.2 Å². The fraction of sp³-hybridized carbons (Fsp3) is 0.125. The van der Waals surface area contributed by atoms with Gasteiger partial charge in [-0.25, -0.2) is 0 Å². The van der Waals surface area contributed by atoms with Crippen LogP contribution in [0.3, 0.4) is 0 Å². The van der Waals surface area contributed by atoms with Gasteiger partial charge in [-0.15, -0.1) is 0 Å². The van der Waals surface area contributed by atoms with Crippen LogP contribution in [0.2, 0.25) is 0 Å². The highest BCUT2D eigenvalue weighted by molar-refractivity contribution is 7.00. The van der Waals surface area contributed by atoms with Gasteiger partial charge in [0.15, 0.2) is 0 Å². The Morgan fingerprint density at radius 1 is 0.275 bits per heavy atom. The van der Waals surface area contributed by atoms with E-state index in [0.29, 0.717) is 5.69 Å². The van der Waals surface area contributed by atoms with E-state index >= 15 is 0 Å². The molecule has 0 atom stereocenters. The fourth-order valence-corrected chi connectivity index (χ4v) is 16.5. The summed E-state index contributed by atoms with van der Waals surface area (Å²) in [5.74, 6) is 0. The van der Waals surface area contributed by atoms with E-state index in [9.17, 15) is 8.22 Å². The van der Waals surface area contributed by atoms with Gasteiger partial charge in [-0.3, -0.25) is 0 Å². The highest BCUT2D eigenvalue weighted by Crippen LogP contribution is 2.54. The van der Waals surface area contributed by atoms with E-state index in [2.05, 4.69) is 336 Å². The van der Waals surface area contributed by atoms with Gasteiger partial charge in [-0.05, 0) is 175 Å². The van der Waals surface area contributed by atoms with Gasteiger partial charge < -0.3 is 23.5 Å². The summed E-state index contributed by atoms with van der Waals surface area (Å²) in [6.45, 7) is 20.0. The molecule has 0 bridgehead atoms. The van der Waals surface area contributed by atoms with E-state index in [4.69, 9.17) is 2.74 Å². The van der Waals surface area contributed by atoms with Crippen molar-refractivity contribution in [2.24, 2.45) is 0 Å². The van der Waals surface area contributed by atoms with Crippen molar-refractivity contribution in [3.05, 3.63) is 326 Å². The Kier molecular flexibility index (Phi) is 11.9. The summed E-state index contributed by atoms with van der Waals surface area (Å²) in [5, 5.41) is 4.68. The fourth-order valence-electron chi connectivity index (χ4n) is 16.5. The molecule has 17 aromatic rings. The zero-order chi connectivity index (χ0) is 76.0. The van der Waals surface area contributed by atoms with Crippen molar-refractivity contribution < 1.29 is 11.0 Å². The third kappa shape index (κ3) is 9.52. The molecule has 0 aliphatic carbocycles. The molecule has 5 nitrogen and oxygen atoms in total. The van der Waals surface area contributed by atoms with Gasteiger partial charge in [-0.1, -0.05) is 262 Å². The number of anilines is 6. The van der Waals surface area contributed by atoms with Crippen molar-refractivity contribution in [1.29, 1.82) is 0 Å². The molecule has 2 aliphatic heterocycles. The van der Waals surface area contributed by atoms with Gasteiger partial charge in [0.1, 0.15) is 0 Å². The summed E-state index contributed by atoms with van der Waals surface area (Å²) in [6.07, 6.45) is 0. The van der Waals surface area contributed by atoms with Crippen LogP contribution in [0.4, 0.5) is 34.1 Å². The maximum absolute atomic E-state index is 9.84. The Hall–Kier alpha value is -11.9. The van der Waals surface area contributed by atoms with Crippen molar-refractivity contribution in [1.82, 2.24) is 13.7 Å². The Morgan fingerprint density at radius 2 is 0.657 bits per heavy atom. The van der Waals surface area contributed by atoms with Crippen molar-refractivity contribution in [2.75, 3.05) is 9.80 Å². The average molecular weight is 1320 g/mol. The van der Waals surface area contributed by atoms with E-state index in [1.807, 2.05) is 6.07 Å². The maximum atomic E-state index is 9.84. The largest absolute Gasteiger partial charge is 0.311 e. The molecule has 0 spiro atoms. The highest BCUT2D eigenvalue weighted by Gasteiger charge is 2.46. The summed E-state index contributed by atoms with van der Waals surface area (Å²) >= 11 is 0. The summed E-state index contributed by atoms with van der Waals surface area (Å²) in [5.41, 5.74) is 24.2. The molecule has 6 heteroatoms. The number of aromatic nitrogens is 3. The van der Waals surface area contributed by atoms with Crippen LogP contribution in [0, 0.1) is 0 Å². The van der Waals surface area contributed by atoms with Gasteiger partial charge in [0.25, 0.3) is 6.71 Å². The number of hydrogen-bond acceptors (Lipinski definition) is 2. The lowest BCUT2D eigenvalue weighted by molar-refractivity contribution is 0.590. The van der Waals surface area contributed by atoms with Crippen LogP contribution in [-0.4, -0.2) is 20.4 Å². The number of para-hydroxylation sites is 5. The third-order valence-corrected chi connectivity index (χ3v) is 21.5. The van der Waals surface area contributed by atoms with Crippen LogP contribution in [0.15, 0.2) is 309 Å². The first-order chi connectivity index (χ1) is 52.8. The molecule has 0 N–H and O–H groups in total. The Morgan fingerprint density at radius 3 is 1.16 bits per heavy atom. The van der Waals surface area contributed by atoms with Crippen molar-refractivity contribution in [3.8, 4) is 50.4 Å². The van der Waals surface area contributed by atoms with Crippen LogP contribution >= 0.6 is 0 Å². The predicted molar refractivity (Wildman–Crippen MR) is 436 cm³/mol. The first-order valence-corrected chi connectivity index (χ1v) is 35.4. The molecule has 0 fully saturated rings. The van der Waals surface area contributed by atoms with Crippen LogP contribution in [0.25, 0.3) is 116 Å². The second-order valence-corrected chi connectivity index (χ2v) is 30.7. The number of fused-ring (bicyclic) bond motifs is 13. The van der Waals surface area contributed by atoms with Crippen molar-refractivity contribution in [3.63, 3.8) is 0 Å². The summed E-state index contributed by atoms with van der Waals surface area (Å²) in [4.78, 5) is 5.02. The first kappa shape index (κ1) is 53.1. The van der Waals surface area contributed by atoms with E-state index in [1.165, 1.54) is 16.3 Å². The van der Waals surface area contributed by atoms with Gasteiger partial charge in [0.2, 0.25) is 0 Å². The molecule has 5 heterocycles. The molecular formula is C96H78BN5. The molecule has 14 aromatic carbocycles. The monoisotopic (exact) mass is 1320 g/mol. The molecule has 0 radical (unpaired) electrons. The Bertz CT molecular complexity index is 6590. The lowest BCUT2D eigenvalue weighted by atomic mass is 9.33. The molecule has 3 aromatic heterocycles. The normalized spacial score (nSPS) is 14.2. The quantitative estimate of drug-likeness (QED) is 0.141. The highest BCUT2D eigenvalue weighted by atomic mass is 15.2. The lowest BCUT2D eigenvalue weighted by Crippen LogP contribution is -2.61. The number of rotatable bonds is 8. The van der Waals surface area contributed by atoms with Gasteiger partial charge >= 0.3 is 0 Å². The maximum Gasteiger partial charge on any atom is 0.252 e. The topological polar surface area (TPSA) is 21.3 Å². The third-order valence-electron chi connectivity index (χ3n) is 21.5. The minimum Gasteiger partial charge on any atom is -0.311 e. The summed E-state index contributed by atoms with van der Waals surface area (Å²) < 4.78 is 82.0. The van der Waals surface area contributed by atoms with E-state index in [1.54, 1.807) is 4.57 Å². The van der Waals surface area contributed by atoms with Gasteiger partial charge in [-0.2, -0.15) is 0 Å². The molecule has 0 amide bonds. The molecule has 19 rings (SSSR count). The Labute approximate surface area is 608 Å². The minimum atomic E-state index is -0.495. The van der Waals surface area contributed by atoms with Crippen LogP contribution in [0.5, 0.6) is 0 Å². The second-order valence-electron chi connectivity index (χ2n) is 30.7. The van der Waals surface area contributed by atoms with Gasteiger partial charge in [0.05, 0.1) is 55.4 Å². The number of benzene rings is 14. The molecule has 490 valence electrons. The van der Waals surface area contributed by atoms with E-state index < -0.39 is 36.3 Å². The molecule has 0 saturated carbocycles. The van der Waals surface area contributed by atoms with Crippen LogP contribution in [0.1, 0.15) is 90.0 Å². The van der Waals surface area contributed by atoms with Crippen molar-refractivity contribution >= 4 is 123 Å². The molecular weight excluding hydrogens is 1230 g/mol. The molecule has 0 unspecified atom stereocenters. The second kappa shape index (κ2) is 22.8. The predicted octanol–water partition coefficient (Wildman–Crippen LogP) is 24.0. The van der Waals surface area contributed by atoms with E-state index in [0.717, 1.165) is 139 Å². The minimum absolute atomic E-state index is 0.0159. The molecule has 0 saturated heterocycles.